The Labute approximate surface area is 143 Å². The van der Waals surface area contributed by atoms with Gasteiger partial charge in [0, 0.05) is 19.2 Å². The van der Waals surface area contributed by atoms with Crippen molar-refractivity contribution in [2.24, 2.45) is 0 Å². The van der Waals surface area contributed by atoms with E-state index in [4.69, 9.17) is 9.84 Å². The van der Waals surface area contributed by atoms with Crippen LogP contribution in [0, 0.1) is 0 Å². The lowest BCUT2D eigenvalue weighted by atomic mass is 10.2. The number of aromatic carboxylic acids is 1. The van der Waals surface area contributed by atoms with Gasteiger partial charge in [-0.05, 0) is 52.3 Å². The number of carbonyl (C=O) groups is 1. The van der Waals surface area contributed by atoms with Gasteiger partial charge < -0.3 is 15.2 Å². The lowest BCUT2D eigenvalue weighted by molar-refractivity contribution is 0.0696. The van der Waals surface area contributed by atoms with Crippen LogP contribution in [0.3, 0.4) is 0 Å². The van der Waals surface area contributed by atoms with Gasteiger partial charge in [0.25, 0.3) is 0 Å². The van der Waals surface area contributed by atoms with Crippen LogP contribution in [0.1, 0.15) is 44.5 Å². The van der Waals surface area contributed by atoms with Gasteiger partial charge >= 0.3 is 5.97 Å². The summed E-state index contributed by atoms with van der Waals surface area (Å²) in [4.78, 5) is 11.1. The third kappa shape index (κ3) is 6.46. The van der Waals surface area contributed by atoms with E-state index >= 15 is 0 Å². The largest absolute Gasteiger partial charge is 0.478 e. The normalized spacial score (nSPS) is 11.9. The highest BCUT2D eigenvalue weighted by molar-refractivity contribution is 7.89. The maximum Gasteiger partial charge on any atom is 0.335 e. The molecule has 0 aromatic heterocycles. The Hall–Kier alpha value is -1.64. The number of nitrogens with one attached hydrogen (secondary N) is 2. The number of rotatable bonds is 10. The van der Waals surface area contributed by atoms with Crippen molar-refractivity contribution in [3.63, 3.8) is 0 Å². The molecule has 0 spiro atoms. The van der Waals surface area contributed by atoms with Crippen molar-refractivity contribution in [2.75, 3.05) is 18.5 Å². The molecule has 24 heavy (non-hydrogen) atoms. The zero-order valence-corrected chi connectivity index (χ0v) is 15.3. The summed E-state index contributed by atoms with van der Waals surface area (Å²) < 4.78 is 32.9. The van der Waals surface area contributed by atoms with Gasteiger partial charge in [0.15, 0.2) is 0 Å². The average molecular weight is 358 g/mol. The van der Waals surface area contributed by atoms with Crippen LogP contribution in [0.5, 0.6) is 0 Å². The number of anilines is 1. The van der Waals surface area contributed by atoms with E-state index in [1.807, 2.05) is 27.7 Å². The van der Waals surface area contributed by atoms with Crippen LogP contribution in [0.25, 0.3) is 0 Å². The molecule has 136 valence electrons. The summed E-state index contributed by atoms with van der Waals surface area (Å²) in [7, 11) is -3.82. The SMILES string of the molecule is CC(C)Nc1ccc(C(=O)O)cc1S(=O)(=O)NCCCOC(C)C. The molecule has 0 aliphatic carbocycles. The average Bonchev–Trinajstić information content (AvgIpc) is 2.45. The van der Waals surface area contributed by atoms with Crippen molar-refractivity contribution in [3.05, 3.63) is 23.8 Å². The maximum absolute atomic E-state index is 12.5. The van der Waals surface area contributed by atoms with Crippen LogP contribution in [-0.2, 0) is 14.8 Å². The maximum atomic E-state index is 12.5. The number of carboxylic acids is 1. The standard InChI is InChI=1S/C16H26N2O5S/c1-11(2)18-14-7-6-13(16(19)20)10-15(14)24(21,22)17-8-5-9-23-12(3)4/h6-7,10-12,17-18H,5,8-9H2,1-4H3,(H,19,20). The molecule has 0 saturated heterocycles. The number of hydrogen-bond acceptors (Lipinski definition) is 5. The number of carboxylic acid groups (broad SMARTS) is 1. The minimum Gasteiger partial charge on any atom is -0.478 e. The van der Waals surface area contributed by atoms with E-state index in [2.05, 4.69) is 10.0 Å². The van der Waals surface area contributed by atoms with Gasteiger partial charge in [-0.15, -0.1) is 0 Å². The molecule has 0 atom stereocenters. The highest BCUT2D eigenvalue weighted by Gasteiger charge is 2.21. The molecule has 0 heterocycles. The highest BCUT2D eigenvalue weighted by Crippen LogP contribution is 2.23. The van der Waals surface area contributed by atoms with E-state index in [-0.39, 0.29) is 29.1 Å². The van der Waals surface area contributed by atoms with Gasteiger partial charge in [0.2, 0.25) is 10.0 Å². The van der Waals surface area contributed by atoms with E-state index < -0.39 is 16.0 Å². The molecule has 0 amide bonds. The van der Waals surface area contributed by atoms with Crippen LogP contribution in [0.15, 0.2) is 23.1 Å². The van der Waals surface area contributed by atoms with Crippen LogP contribution in [0.2, 0.25) is 0 Å². The summed E-state index contributed by atoms with van der Waals surface area (Å²) in [5, 5.41) is 12.1. The first-order chi connectivity index (χ1) is 11.1. The van der Waals surface area contributed by atoms with Crippen molar-refractivity contribution in [1.29, 1.82) is 0 Å². The predicted octanol–water partition coefficient (Wildman–Crippen LogP) is 2.30. The number of ether oxygens (including phenoxy) is 1. The number of hydrogen-bond donors (Lipinski definition) is 3. The molecule has 8 heteroatoms. The Kier molecular flexibility index (Phi) is 7.65. The summed E-state index contributed by atoms with van der Waals surface area (Å²) in [6.07, 6.45) is 0.624. The van der Waals surface area contributed by atoms with E-state index in [1.54, 1.807) is 0 Å². The summed E-state index contributed by atoms with van der Waals surface area (Å²) >= 11 is 0. The van der Waals surface area contributed by atoms with Gasteiger partial charge in [0.05, 0.1) is 17.4 Å². The molecule has 0 aliphatic rings. The fourth-order valence-electron chi connectivity index (χ4n) is 1.98. The van der Waals surface area contributed by atoms with Gasteiger partial charge in [-0.1, -0.05) is 0 Å². The number of benzene rings is 1. The van der Waals surface area contributed by atoms with Crippen LogP contribution < -0.4 is 10.0 Å². The first kappa shape index (κ1) is 20.4. The molecule has 1 aromatic carbocycles. The van der Waals surface area contributed by atoms with E-state index in [1.165, 1.54) is 18.2 Å². The van der Waals surface area contributed by atoms with Crippen LogP contribution in [-0.4, -0.2) is 44.8 Å². The molecular formula is C16H26N2O5S. The smallest absolute Gasteiger partial charge is 0.335 e. The Morgan fingerprint density at radius 1 is 1.25 bits per heavy atom. The Balaban J connectivity index is 2.94. The second-order valence-corrected chi connectivity index (χ2v) is 7.72. The zero-order valence-electron chi connectivity index (χ0n) is 14.5. The van der Waals surface area contributed by atoms with Crippen molar-refractivity contribution in [3.8, 4) is 0 Å². The van der Waals surface area contributed by atoms with Crippen LogP contribution >= 0.6 is 0 Å². The topological polar surface area (TPSA) is 105 Å². The summed E-state index contributed by atoms with van der Waals surface area (Å²) in [5.74, 6) is -1.17. The predicted molar refractivity (Wildman–Crippen MR) is 93.1 cm³/mol. The quantitative estimate of drug-likeness (QED) is 0.554. The molecule has 0 bridgehead atoms. The van der Waals surface area contributed by atoms with E-state index in [0.29, 0.717) is 18.7 Å². The van der Waals surface area contributed by atoms with Crippen molar-refractivity contribution in [1.82, 2.24) is 4.72 Å². The van der Waals surface area contributed by atoms with Crippen molar-refractivity contribution in [2.45, 2.75) is 51.2 Å². The minimum atomic E-state index is -3.82. The van der Waals surface area contributed by atoms with Crippen molar-refractivity contribution < 1.29 is 23.1 Å². The van der Waals surface area contributed by atoms with Crippen molar-refractivity contribution >= 4 is 21.7 Å². The lowest BCUT2D eigenvalue weighted by Gasteiger charge is -2.16. The molecule has 3 N–H and O–H groups in total. The summed E-state index contributed by atoms with van der Waals surface area (Å²) in [5.41, 5.74) is 0.300. The highest BCUT2D eigenvalue weighted by atomic mass is 32.2. The first-order valence-electron chi connectivity index (χ1n) is 7.88. The zero-order chi connectivity index (χ0) is 18.3. The fourth-order valence-corrected chi connectivity index (χ4v) is 3.25. The molecular weight excluding hydrogens is 332 g/mol. The van der Waals surface area contributed by atoms with Gasteiger partial charge in [-0.2, -0.15) is 0 Å². The third-order valence-corrected chi connectivity index (χ3v) is 4.53. The van der Waals surface area contributed by atoms with Crippen LogP contribution in [0.4, 0.5) is 5.69 Å². The molecule has 7 nitrogen and oxygen atoms in total. The molecule has 0 unspecified atom stereocenters. The Bertz CT molecular complexity index is 656. The van der Waals surface area contributed by atoms with E-state index in [0.717, 1.165) is 0 Å². The Morgan fingerprint density at radius 3 is 2.46 bits per heavy atom. The molecule has 0 aliphatic heterocycles. The second kappa shape index (κ2) is 9.00. The van der Waals surface area contributed by atoms with E-state index in [9.17, 15) is 13.2 Å². The lowest BCUT2D eigenvalue weighted by Crippen LogP contribution is -2.27. The fraction of sp³-hybridized carbons (Fsp3) is 0.562. The second-order valence-electron chi connectivity index (χ2n) is 5.99. The molecule has 0 fully saturated rings. The third-order valence-electron chi connectivity index (χ3n) is 3.03. The molecule has 1 aromatic rings. The molecule has 0 saturated carbocycles. The number of sulfonamides is 1. The molecule has 1 rings (SSSR count). The first-order valence-corrected chi connectivity index (χ1v) is 9.37. The van der Waals surface area contributed by atoms with Gasteiger partial charge in [-0.3, -0.25) is 0 Å². The Morgan fingerprint density at radius 2 is 1.92 bits per heavy atom. The van der Waals surface area contributed by atoms with Gasteiger partial charge in [-0.25, -0.2) is 17.9 Å². The summed E-state index contributed by atoms with van der Waals surface area (Å²) in [6.45, 7) is 8.23. The van der Waals surface area contributed by atoms with Gasteiger partial charge in [0.1, 0.15) is 4.90 Å². The molecule has 0 radical (unpaired) electrons. The minimum absolute atomic E-state index is 0.00840. The monoisotopic (exact) mass is 358 g/mol. The summed E-state index contributed by atoms with van der Waals surface area (Å²) in [6, 6.07) is 4.02.